The number of anilines is 1. The molecule has 1 aliphatic rings. The van der Waals surface area contributed by atoms with Crippen molar-refractivity contribution in [1.29, 1.82) is 0 Å². The Kier molecular flexibility index (Phi) is 2.91. The van der Waals surface area contributed by atoms with Gasteiger partial charge in [0, 0.05) is 13.2 Å². The number of halogens is 1. The van der Waals surface area contributed by atoms with Crippen LogP contribution in [0.5, 0.6) is 0 Å². The lowest BCUT2D eigenvalue weighted by Gasteiger charge is -2.07. The summed E-state index contributed by atoms with van der Waals surface area (Å²) in [6.45, 7) is 2.02. The molecule has 1 saturated carbocycles. The molecule has 2 N–H and O–H groups in total. The summed E-state index contributed by atoms with van der Waals surface area (Å²) in [5, 5.41) is 0. The van der Waals surface area contributed by atoms with Crippen LogP contribution in [0, 0.1) is 11.7 Å². The zero-order valence-electron chi connectivity index (χ0n) is 10.1. The van der Waals surface area contributed by atoms with Crippen LogP contribution in [-0.2, 0) is 11.3 Å². The average molecular weight is 249 g/mol. The Morgan fingerprint density at radius 2 is 2.28 bits per heavy atom. The van der Waals surface area contributed by atoms with Crippen molar-refractivity contribution in [1.82, 2.24) is 9.55 Å². The topological polar surface area (TPSA) is 53.1 Å². The highest BCUT2D eigenvalue weighted by Crippen LogP contribution is 2.28. The van der Waals surface area contributed by atoms with Gasteiger partial charge >= 0.3 is 0 Å². The Balaban J connectivity index is 1.73. The predicted molar refractivity (Wildman–Crippen MR) is 67.6 cm³/mol. The Labute approximate surface area is 105 Å². The first-order valence-electron chi connectivity index (χ1n) is 6.23. The number of ether oxygens (including phenoxy) is 1. The van der Waals surface area contributed by atoms with Crippen LogP contribution in [0.25, 0.3) is 11.0 Å². The second-order valence-corrected chi connectivity index (χ2v) is 4.75. The van der Waals surface area contributed by atoms with Crippen molar-refractivity contribution >= 4 is 17.0 Å². The van der Waals surface area contributed by atoms with E-state index in [9.17, 15) is 4.39 Å². The maximum absolute atomic E-state index is 13.5. The smallest absolute Gasteiger partial charge is 0.201 e. The number of fused-ring (bicyclic) bond motifs is 1. The molecule has 1 heterocycles. The lowest BCUT2D eigenvalue weighted by molar-refractivity contribution is 0.118. The van der Waals surface area contributed by atoms with Crippen LogP contribution in [-0.4, -0.2) is 22.8 Å². The number of hydrogen-bond donors (Lipinski definition) is 1. The van der Waals surface area contributed by atoms with Crippen molar-refractivity contribution in [3.63, 3.8) is 0 Å². The zero-order chi connectivity index (χ0) is 12.5. The van der Waals surface area contributed by atoms with Crippen molar-refractivity contribution in [3.8, 4) is 0 Å². The third kappa shape index (κ3) is 2.18. The summed E-state index contributed by atoms with van der Waals surface area (Å²) in [6.07, 6.45) is 2.56. The van der Waals surface area contributed by atoms with E-state index < -0.39 is 0 Å². The van der Waals surface area contributed by atoms with Gasteiger partial charge in [0.25, 0.3) is 0 Å². The number of hydrogen-bond acceptors (Lipinski definition) is 3. The summed E-state index contributed by atoms with van der Waals surface area (Å²) in [5.41, 5.74) is 6.86. The van der Waals surface area contributed by atoms with E-state index in [1.807, 2.05) is 6.07 Å². The molecular weight excluding hydrogens is 233 g/mol. The summed E-state index contributed by atoms with van der Waals surface area (Å²) in [4.78, 5) is 4.05. The molecule has 1 fully saturated rings. The predicted octanol–water partition coefficient (Wildman–Crippen LogP) is 2.18. The van der Waals surface area contributed by atoms with Gasteiger partial charge in [0.2, 0.25) is 5.95 Å². The van der Waals surface area contributed by atoms with E-state index >= 15 is 0 Å². The molecule has 0 unspecified atom stereocenters. The Morgan fingerprint density at radius 3 is 3.06 bits per heavy atom. The molecule has 0 amide bonds. The first-order valence-corrected chi connectivity index (χ1v) is 6.23. The number of nitrogen functional groups attached to an aromatic ring is 1. The second kappa shape index (κ2) is 4.57. The number of rotatable bonds is 5. The van der Waals surface area contributed by atoms with E-state index in [0.717, 1.165) is 18.0 Å². The first-order chi connectivity index (χ1) is 8.75. The zero-order valence-corrected chi connectivity index (χ0v) is 10.1. The minimum Gasteiger partial charge on any atom is -0.379 e. The van der Waals surface area contributed by atoms with Crippen LogP contribution in [0.3, 0.4) is 0 Å². The van der Waals surface area contributed by atoms with Gasteiger partial charge in [-0.1, -0.05) is 6.07 Å². The van der Waals surface area contributed by atoms with Gasteiger partial charge in [-0.15, -0.1) is 0 Å². The normalized spacial score (nSPS) is 15.4. The third-order valence-electron chi connectivity index (χ3n) is 3.27. The van der Waals surface area contributed by atoms with E-state index in [-0.39, 0.29) is 5.82 Å². The monoisotopic (exact) mass is 249 g/mol. The maximum atomic E-state index is 13.5. The van der Waals surface area contributed by atoms with Crippen molar-refractivity contribution in [3.05, 3.63) is 24.0 Å². The fourth-order valence-electron chi connectivity index (χ4n) is 2.06. The minimum atomic E-state index is -0.336. The fourth-order valence-corrected chi connectivity index (χ4v) is 2.06. The summed E-state index contributed by atoms with van der Waals surface area (Å²) in [6, 6.07) is 4.88. The molecule has 2 aromatic rings. The van der Waals surface area contributed by atoms with Gasteiger partial charge in [0.1, 0.15) is 5.52 Å². The number of benzene rings is 1. The summed E-state index contributed by atoms with van der Waals surface area (Å²) in [7, 11) is 0. The summed E-state index contributed by atoms with van der Waals surface area (Å²) in [5.74, 6) is 0.751. The van der Waals surface area contributed by atoms with E-state index in [4.69, 9.17) is 10.5 Å². The van der Waals surface area contributed by atoms with Crippen LogP contribution in [0.15, 0.2) is 18.2 Å². The Hall–Kier alpha value is -1.62. The van der Waals surface area contributed by atoms with Gasteiger partial charge < -0.3 is 15.0 Å². The van der Waals surface area contributed by atoms with Crippen LogP contribution in [0.2, 0.25) is 0 Å². The van der Waals surface area contributed by atoms with Crippen molar-refractivity contribution in [2.45, 2.75) is 19.4 Å². The summed E-state index contributed by atoms with van der Waals surface area (Å²) < 4.78 is 20.9. The van der Waals surface area contributed by atoms with Gasteiger partial charge in [-0.3, -0.25) is 0 Å². The molecule has 0 aliphatic heterocycles. The highest BCUT2D eigenvalue weighted by Gasteiger charge is 2.21. The van der Waals surface area contributed by atoms with Gasteiger partial charge in [-0.05, 0) is 30.9 Å². The molecule has 5 heteroatoms. The molecule has 0 spiro atoms. The van der Waals surface area contributed by atoms with Gasteiger partial charge in [0.05, 0.1) is 12.1 Å². The molecule has 0 radical (unpaired) electrons. The third-order valence-corrected chi connectivity index (χ3v) is 3.27. The number of nitrogens with two attached hydrogens (primary N) is 1. The minimum absolute atomic E-state index is 0.331. The van der Waals surface area contributed by atoms with Gasteiger partial charge in [-0.2, -0.15) is 0 Å². The highest BCUT2D eigenvalue weighted by atomic mass is 19.1. The van der Waals surface area contributed by atoms with Crippen LogP contribution in [0.4, 0.5) is 10.3 Å². The van der Waals surface area contributed by atoms with Crippen LogP contribution >= 0.6 is 0 Å². The molecule has 18 heavy (non-hydrogen) atoms. The molecule has 4 nitrogen and oxygen atoms in total. The molecule has 1 aromatic carbocycles. The lowest BCUT2D eigenvalue weighted by atomic mass is 10.3. The number of para-hydroxylation sites is 1. The molecule has 0 saturated heterocycles. The van der Waals surface area contributed by atoms with E-state index in [1.54, 1.807) is 10.6 Å². The Morgan fingerprint density at radius 1 is 1.44 bits per heavy atom. The molecule has 0 bridgehead atoms. The fraction of sp³-hybridized carbons (Fsp3) is 0.462. The van der Waals surface area contributed by atoms with E-state index in [2.05, 4.69) is 4.98 Å². The highest BCUT2D eigenvalue weighted by molar-refractivity contribution is 5.78. The van der Waals surface area contributed by atoms with Crippen molar-refractivity contribution in [2.75, 3.05) is 18.9 Å². The number of imidazole rings is 1. The molecule has 96 valence electrons. The number of nitrogens with zero attached hydrogens (tertiary/aromatic N) is 2. The van der Waals surface area contributed by atoms with Crippen LogP contribution < -0.4 is 5.73 Å². The molecule has 0 atom stereocenters. The van der Waals surface area contributed by atoms with E-state index in [0.29, 0.717) is 24.6 Å². The maximum Gasteiger partial charge on any atom is 0.201 e. The quantitative estimate of drug-likeness (QED) is 0.826. The average Bonchev–Trinajstić information content (AvgIpc) is 3.11. The lowest BCUT2D eigenvalue weighted by Crippen LogP contribution is -2.10. The molecule has 3 rings (SSSR count). The van der Waals surface area contributed by atoms with Crippen molar-refractivity contribution < 1.29 is 9.13 Å². The largest absolute Gasteiger partial charge is 0.379 e. The van der Waals surface area contributed by atoms with Crippen molar-refractivity contribution in [2.24, 2.45) is 5.92 Å². The molecule has 1 aliphatic carbocycles. The SMILES string of the molecule is Nc1nc2c(F)cccc2n1CCOCC1CC1. The Bertz CT molecular complexity index is 563. The number of aromatic nitrogens is 2. The van der Waals surface area contributed by atoms with E-state index in [1.165, 1.54) is 18.9 Å². The van der Waals surface area contributed by atoms with Gasteiger partial charge in [-0.25, -0.2) is 9.37 Å². The standard InChI is InChI=1S/C13H16FN3O/c14-10-2-1-3-11-12(10)16-13(15)17(11)6-7-18-8-9-4-5-9/h1-3,9H,4-8H2,(H2,15,16). The first kappa shape index (κ1) is 11.5. The van der Waals surface area contributed by atoms with Gasteiger partial charge in [0.15, 0.2) is 5.82 Å². The molecular formula is C13H16FN3O. The molecule has 1 aromatic heterocycles. The summed E-state index contributed by atoms with van der Waals surface area (Å²) >= 11 is 0. The second-order valence-electron chi connectivity index (χ2n) is 4.75. The van der Waals surface area contributed by atoms with Crippen LogP contribution in [0.1, 0.15) is 12.8 Å².